The number of thioether (sulfide) groups is 1. The second kappa shape index (κ2) is 4.57. The van der Waals surface area contributed by atoms with Crippen molar-refractivity contribution in [2.24, 2.45) is 0 Å². The predicted molar refractivity (Wildman–Crippen MR) is 61.9 cm³/mol. The molecule has 1 aromatic rings. The summed E-state index contributed by atoms with van der Waals surface area (Å²) in [5, 5.41) is 2.96. The van der Waals surface area contributed by atoms with Gasteiger partial charge in [0.15, 0.2) is 0 Å². The Morgan fingerprint density at radius 3 is 2.50 bits per heavy atom. The molecule has 0 radical (unpaired) electrons. The maximum atomic E-state index is 13.5. The van der Waals surface area contributed by atoms with Crippen molar-refractivity contribution < 1.29 is 8.78 Å². The van der Waals surface area contributed by atoms with E-state index in [1.807, 2.05) is 6.08 Å². The van der Waals surface area contributed by atoms with E-state index in [9.17, 15) is 8.78 Å². The lowest BCUT2D eigenvalue weighted by Gasteiger charge is -2.09. The van der Waals surface area contributed by atoms with Crippen LogP contribution in [0.4, 0.5) is 14.5 Å². The largest absolute Gasteiger partial charge is 0.399 e. The zero-order valence-corrected chi connectivity index (χ0v) is 9.15. The van der Waals surface area contributed by atoms with Gasteiger partial charge in [-0.15, -0.1) is 0 Å². The highest BCUT2D eigenvalue weighted by molar-refractivity contribution is 8.03. The summed E-state index contributed by atoms with van der Waals surface area (Å²) in [7, 11) is 0. The van der Waals surface area contributed by atoms with Gasteiger partial charge in [-0.3, -0.25) is 0 Å². The van der Waals surface area contributed by atoms with E-state index in [2.05, 4.69) is 5.32 Å². The first-order valence-electron chi connectivity index (χ1n) is 4.69. The van der Waals surface area contributed by atoms with Gasteiger partial charge in [0.1, 0.15) is 11.6 Å². The van der Waals surface area contributed by atoms with E-state index in [-0.39, 0.29) is 10.6 Å². The minimum atomic E-state index is -0.629. The standard InChI is InChI=1S/C11H10F2N2S/c12-9-5-7(14)6-10(13)11(9)16-8-1-3-15-4-2-8/h1-3,5-6,15H,4,14H2. The highest BCUT2D eigenvalue weighted by atomic mass is 32.2. The van der Waals surface area contributed by atoms with Crippen LogP contribution in [-0.2, 0) is 0 Å². The number of hydrogen-bond donors (Lipinski definition) is 2. The molecule has 2 nitrogen and oxygen atoms in total. The molecule has 5 heteroatoms. The lowest BCUT2D eigenvalue weighted by molar-refractivity contribution is 0.542. The third-order valence-electron chi connectivity index (χ3n) is 2.03. The Kier molecular flexibility index (Phi) is 3.14. The first kappa shape index (κ1) is 11.0. The maximum Gasteiger partial charge on any atom is 0.142 e. The topological polar surface area (TPSA) is 38.0 Å². The zero-order valence-electron chi connectivity index (χ0n) is 8.34. The number of anilines is 1. The van der Waals surface area contributed by atoms with Gasteiger partial charge in [-0.1, -0.05) is 17.8 Å². The molecule has 0 atom stereocenters. The molecule has 0 bridgehead atoms. The minimum Gasteiger partial charge on any atom is -0.399 e. The number of allylic oxidation sites excluding steroid dienone is 1. The quantitative estimate of drug-likeness (QED) is 0.780. The van der Waals surface area contributed by atoms with Gasteiger partial charge in [-0.2, -0.15) is 0 Å². The molecule has 1 aromatic carbocycles. The van der Waals surface area contributed by atoms with Crippen molar-refractivity contribution in [3.05, 3.63) is 47.0 Å². The molecule has 0 amide bonds. The van der Waals surface area contributed by atoms with Crippen LogP contribution >= 0.6 is 11.8 Å². The third kappa shape index (κ3) is 2.36. The van der Waals surface area contributed by atoms with Crippen LogP contribution in [-0.4, -0.2) is 6.54 Å². The highest BCUT2D eigenvalue weighted by Gasteiger charge is 2.12. The lowest BCUT2D eigenvalue weighted by Crippen LogP contribution is -2.07. The number of nitrogens with two attached hydrogens (primary N) is 1. The summed E-state index contributed by atoms with van der Waals surface area (Å²) in [6, 6.07) is 2.24. The molecule has 1 aliphatic heterocycles. The van der Waals surface area contributed by atoms with E-state index in [4.69, 9.17) is 5.73 Å². The molecule has 0 aromatic heterocycles. The second-order valence-electron chi connectivity index (χ2n) is 3.26. The Morgan fingerprint density at radius 1 is 1.25 bits per heavy atom. The van der Waals surface area contributed by atoms with Crippen molar-refractivity contribution >= 4 is 17.4 Å². The number of nitrogens with one attached hydrogen (secondary N) is 1. The zero-order chi connectivity index (χ0) is 11.5. The molecule has 1 aliphatic rings. The molecule has 0 saturated heterocycles. The maximum absolute atomic E-state index is 13.5. The van der Waals surface area contributed by atoms with Gasteiger partial charge in [0.2, 0.25) is 0 Å². The van der Waals surface area contributed by atoms with Crippen LogP contribution in [0.3, 0.4) is 0 Å². The van der Waals surface area contributed by atoms with Gasteiger partial charge in [-0.25, -0.2) is 8.78 Å². The van der Waals surface area contributed by atoms with Crippen LogP contribution in [0.15, 0.2) is 40.3 Å². The third-order valence-corrected chi connectivity index (χ3v) is 3.16. The summed E-state index contributed by atoms with van der Waals surface area (Å²) < 4.78 is 26.9. The molecule has 1 heterocycles. The first-order valence-corrected chi connectivity index (χ1v) is 5.51. The van der Waals surface area contributed by atoms with E-state index in [1.54, 1.807) is 12.3 Å². The lowest BCUT2D eigenvalue weighted by atomic mass is 10.3. The summed E-state index contributed by atoms with van der Waals surface area (Å²) in [5.41, 5.74) is 5.43. The van der Waals surface area contributed by atoms with Crippen molar-refractivity contribution in [3.8, 4) is 0 Å². The van der Waals surface area contributed by atoms with Gasteiger partial charge in [0, 0.05) is 17.1 Å². The molecule has 16 heavy (non-hydrogen) atoms. The van der Waals surface area contributed by atoms with E-state index in [1.165, 1.54) is 0 Å². The van der Waals surface area contributed by atoms with Crippen molar-refractivity contribution in [1.82, 2.24) is 5.32 Å². The number of nitrogen functional groups attached to an aromatic ring is 1. The minimum absolute atomic E-state index is 0.0213. The number of rotatable bonds is 2. The predicted octanol–water partition coefficient (Wildman–Crippen LogP) is 2.64. The van der Waals surface area contributed by atoms with Crippen LogP contribution in [0.2, 0.25) is 0 Å². The normalized spacial score (nSPS) is 14.5. The van der Waals surface area contributed by atoms with Crippen molar-refractivity contribution in [2.45, 2.75) is 4.90 Å². The van der Waals surface area contributed by atoms with Crippen molar-refractivity contribution in [3.63, 3.8) is 0 Å². The molecule has 2 rings (SSSR count). The molecule has 0 fully saturated rings. The van der Waals surface area contributed by atoms with Gasteiger partial charge in [0.05, 0.1) is 4.90 Å². The van der Waals surface area contributed by atoms with E-state index < -0.39 is 11.6 Å². The summed E-state index contributed by atoms with van der Waals surface area (Å²) in [6.45, 7) is 0.664. The number of halogens is 2. The Labute approximate surface area is 96.2 Å². The fraction of sp³-hybridized carbons (Fsp3) is 0.0909. The van der Waals surface area contributed by atoms with E-state index in [0.29, 0.717) is 6.54 Å². The fourth-order valence-electron chi connectivity index (χ4n) is 1.31. The van der Waals surface area contributed by atoms with Gasteiger partial charge in [-0.05, 0) is 24.4 Å². The van der Waals surface area contributed by atoms with Crippen LogP contribution in [0, 0.1) is 11.6 Å². The van der Waals surface area contributed by atoms with Crippen molar-refractivity contribution in [1.29, 1.82) is 0 Å². The van der Waals surface area contributed by atoms with E-state index in [0.717, 1.165) is 28.8 Å². The Morgan fingerprint density at radius 2 is 1.94 bits per heavy atom. The molecule has 0 spiro atoms. The average molecular weight is 240 g/mol. The van der Waals surface area contributed by atoms with Gasteiger partial charge >= 0.3 is 0 Å². The van der Waals surface area contributed by atoms with Gasteiger partial charge < -0.3 is 11.1 Å². The average Bonchev–Trinajstić information content (AvgIpc) is 2.25. The summed E-state index contributed by atoms with van der Waals surface area (Å²) in [5.74, 6) is -1.26. The Hall–Kier alpha value is -1.49. The number of benzene rings is 1. The Bertz CT molecular complexity index is 446. The summed E-state index contributed by atoms with van der Waals surface area (Å²) in [4.78, 5) is 0.785. The molecule has 0 aliphatic carbocycles. The van der Waals surface area contributed by atoms with E-state index >= 15 is 0 Å². The molecule has 3 N–H and O–H groups in total. The van der Waals surface area contributed by atoms with Crippen LogP contribution < -0.4 is 11.1 Å². The smallest absolute Gasteiger partial charge is 0.142 e. The first-order chi connectivity index (χ1) is 7.66. The van der Waals surface area contributed by atoms with Crippen molar-refractivity contribution in [2.75, 3.05) is 12.3 Å². The number of dihydropyridines is 1. The van der Waals surface area contributed by atoms with Crippen LogP contribution in [0.1, 0.15) is 0 Å². The highest BCUT2D eigenvalue weighted by Crippen LogP contribution is 2.33. The fourth-order valence-corrected chi connectivity index (χ4v) is 2.16. The molecular formula is C11H10F2N2S. The second-order valence-corrected chi connectivity index (χ2v) is 4.35. The molecule has 84 valence electrons. The van der Waals surface area contributed by atoms with Crippen LogP contribution in [0.5, 0.6) is 0 Å². The Balaban J connectivity index is 2.27. The summed E-state index contributed by atoms with van der Waals surface area (Å²) >= 11 is 1.06. The number of hydrogen-bond acceptors (Lipinski definition) is 3. The summed E-state index contributed by atoms with van der Waals surface area (Å²) in [6.07, 6.45) is 5.37. The van der Waals surface area contributed by atoms with Crippen LogP contribution in [0.25, 0.3) is 0 Å². The molecule has 0 saturated carbocycles. The molecule has 0 unspecified atom stereocenters. The monoisotopic (exact) mass is 240 g/mol. The molecular weight excluding hydrogens is 230 g/mol. The SMILES string of the molecule is Nc1cc(F)c(SC2=CCNC=C2)c(F)c1. The van der Waals surface area contributed by atoms with Gasteiger partial charge in [0.25, 0.3) is 0 Å².